The molecule has 0 heterocycles. The Morgan fingerprint density at radius 2 is 1.85 bits per heavy atom. The topological polar surface area (TPSA) is 30.5 Å². The molecule has 106 valence electrons. The molecule has 20 heavy (non-hydrogen) atoms. The Morgan fingerprint density at radius 3 is 2.50 bits per heavy atom. The average Bonchev–Trinajstić information content (AvgIpc) is 2.48. The molecule has 0 aliphatic heterocycles. The first-order valence-corrected chi connectivity index (χ1v) is 6.35. The summed E-state index contributed by atoms with van der Waals surface area (Å²) in [4.78, 5) is 0. The van der Waals surface area contributed by atoms with E-state index in [1.54, 1.807) is 27.2 Å². The van der Waals surface area contributed by atoms with Crippen molar-refractivity contribution in [2.24, 2.45) is 0 Å². The summed E-state index contributed by atoms with van der Waals surface area (Å²) in [5.74, 6) is 1.27. The van der Waals surface area contributed by atoms with Gasteiger partial charge in [0.25, 0.3) is 0 Å². The number of hydrogen-bond donors (Lipinski definition) is 1. The first-order chi connectivity index (χ1) is 9.63. The number of nitrogens with one attached hydrogen (secondary N) is 1. The summed E-state index contributed by atoms with van der Waals surface area (Å²) in [5, 5.41) is 3.23. The number of ether oxygens (including phenoxy) is 2. The molecule has 0 radical (unpaired) electrons. The number of methoxy groups -OCH3 is 2. The highest BCUT2D eigenvalue weighted by molar-refractivity contribution is 5.59. The van der Waals surface area contributed by atoms with Gasteiger partial charge in [-0.15, -0.1) is 0 Å². The van der Waals surface area contributed by atoms with Crippen molar-refractivity contribution in [1.82, 2.24) is 0 Å². The Kier molecular flexibility index (Phi) is 4.45. The van der Waals surface area contributed by atoms with E-state index in [1.807, 2.05) is 24.3 Å². The second kappa shape index (κ2) is 6.28. The van der Waals surface area contributed by atoms with Crippen LogP contribution in [-0.4, -0.2) is 14.2 Å². The maximum absolute atomic E-state index is 13.5. The van der Waals surface area contributed by atoms with Gasteiger partial charge in [0.2, 0.25) is 0 Å². The van der Waals surface area contributed by atoms with Crippen LogP contribution in [0.2, 0.25) is 0 Å². The highest BCUT2D eigenvalue weighted by Gasteiger charge is 2.05. The van der Waals surface area contributed by atoms with Crippen molar-refractivity contribution in [1.29, 1.82) is 0 Å². The first kappa shape index (κ1) is 14.2. The molecule has 0 aliphatic carbocycles. The molecule has 2 aromatic rings. The van der Waals surface area contributed by atoms with E-state index in [9.17, 15) is 4.39 Å². The lowest BCUT2D eigenvalue weighted by Gasteiger charge is -2.13. The molecule has 4 heteroatoms. The molecule has 0 unspecified atom stereocenters. The molecule has 0 bridgehead atoms. The average molecular weight is 275 g/mol. The van der Waals surface area contributed by atoms with Crippen LogP contribution in [0.5, 0.6) is 11.5 Å². The monoisotopic (exact) mass is 275 g/mol. The molecular weight excluding hydrogens is 257 g/mol. The molecule has 0 spiro atoms. The molecule has 0 aromatic heterocycles. The van der Waals surface area contributed by atoms with Crippen molar-refractivity contribution in [3.8, 4) is 11.5 Å². The lowest BCUT2D eigenvalue weighted by atomic mass is 10.1. The van der Waals surface area contributed by atoms with Crippen LogP contribution in [0.4, 0.5) is 10.1 Å². The smallest absolute Gasteiger partial charge is 0.142 e. The van der Waals surface area contributed by atoms with Crippen LogP contribution in [-0.2, 0) is 6.54 Å². The van der Waals surface area contributed by atoms with Crippen molar-refractivity contribution in [2.45, 2.75) is 13.5 Å². The fourth-order valence-corrected chi connectivity index (χ4v) is 1.90. The molecule has 0 amide bonds. The van der Waals surface area contributed by atoms with E-state index in [-0.39, 0.29) is 5.82 Å². The van der Waals surface area contributed by atoms with Gasteiger partial charge in [-0.1, -0.05) is 12.1 Å². The van der Waals surface area contributed by atoms with Gasteiger partial charge in [0.15, 0.2) is 0 Å². The van der Waals surface area contributed by atoms with Gasteiger partial charge in [0.1, 0.15) is 17.3 Å². The summed E-state index contributed by atoms with van der Waals surface area (Å²) < 4.78 is 24.0. The lowest BCUT2D eigenvalue weighted by Crippen LogP contribution is -2.02. The van der Waals surface area contributed by atoms with Gasteiger partial charge in [0.05, 0.1) is 19.9 Å². The van der Waals surface area contributed by atoms with E-state index in [1.165, 1.54) is 6.07 Å². The van der Waals surface area contributed by atoms with Crippen molar-refractivity contribution in [3.05, 3.63) is 53.3 Å². The second-order valence-corrected chi connectivity index (χ2v) is 4.50. The van der Waals surface area contributed by atoms with E-state index in [4.69, 9.17) is 9.47 Å². The Balaban J connectivity index is 2.15. The van der Waals surface area contributed by atoms with Crippen LogP contribution in [0.15, 0.2) is 36.4 Å². The number of benzene rings is 2. The molecule has 0 saturated carbocycles. The summed E-state index contributed by atoms with van der Waals surface area (Å²) >= 11 is 0. The molecular formula is C16H18FNO2. The normalized spacial score (nSPS) is 10.2. The molecule has 2 aromatic carbocycles. The molecule has 3 nitrogen and oxygen atoms in total. The summed E-state index contributed by atoms with van der Waals surface area (Å²) in [7, 11) is 3.22. The quantitative estimate of drug-likeness (QED) is 0.901. The van der Waals surface area contributed by atoms with E-state index in [0.29, 0.717) is 12.1 Å². The SMILES string of the molecule is COc1ccc(OC)c(NCc2ccc(C)c(F)c2)c1. The van der Waals surface area contributed by atoms with Gasteiger partial charge in [-0.3, -0.25) is 0 Å². The third kappa shape index (κ3) is 3.20. The van der Waals surface area contributed by atoms with Gasteiger partial charge in [-0.2, -0.15) is 0 Å². The Labute approximate surface area is 118 Å². The zero-order chi connectivity index (χ0) is 14.5. The minimum absolute atomic E-state index is 0.193. The van der Waals surface area contributed by atoms with Gasteiger partial charge < -0.3 is 14.8 Å². The molecule has 0 aliphatic rings. The zero-order valence-corrected chi connectivity index (χ0v) is 11.9. The van der Waals surface area contributed by atoms with Gasteiger partial charge in [-0.25, -0.2) is 4.39 Å². The van der Waals surface area contributed by atoms with Gasteiger partial charge in [0, 0.05) is 12.6 Å². The minimum atomic E-state index is -0.193. The molecule has 0 saturated heterocycles. The zero-order valence-electron chi connectivity index (χ0n) is 11.9. The number of anilines is 1. The van der Waals surface area contributed by atoms with E-state index in [2.05, 4.69) is 5.32 Å². The van der Waals surface area contributed by atoms with E-state index < -0.39 is 0 Å². The fraction of sp³-hybridized carbons (Fsp3) is 0.250. The van der Waals surface area contributed by atoms with E-state index >= 15 is 0 Å². The molecule has 0 fully saturated rings. The second-order valence-electron chi connectivity index (χ2n) is 4.50. The van der Waals surface area contributed by atoms with Crippen LogP contribution < -0.4 is 14.8 Å². The fourth-order valence-electron chi connectivity index (χ4n) is 1.90. The Hall–Kier alpha value is -2.23. The summed E-state index contributed by atoms with van der Waals surface area (Å²) in [5.41, 5.74) is 2.33. The predicted molar refractivity (Wildman–Crippen MR) is 78.0 cm³/mol. The van der Waals surface area contributed by atoms with Crippen LogP contribution >= 0.6 is 0 Å². The Bertz CT molecular complexity index is 599. The molecule has 2 rings (SSSR count). The van der Waals surface area contributed by atoms with Crippen LogP contribution in [0.3, 0.4) is 0 Å². The highest BCUT2D eigenvalue weighted by Crippen LogP contribution is 2.29. The summed E-state index contributed by atoms with van der Waals surface area (Å²) in [6.07, 6.45) is 0. The van der Waals surface area contributed by atoms with Gasteiger partial charge in [-0.05, 0) is 36.2 Å². The number of hydrogen-bond acceptors (Lipinski definition) is 3. The van der Waals surface area contributed by atoms with Crippen molar-refractivity contribution in [2.75, 3.05) is 19.5 Å². The van der Waals surface area contributed by atoms with Crippen molar-refractivity contribution >= 4 is 5.69 Å². The van der Waals surface area contributed by atoms with E-state index in [0.717, 1.165) is 22.7 Å². The third-order valence-corrected chi connectivity index (χ3v) is 3.13. The summed E-state index contributed by atoms with van der Waals surface area (Å²) in [6.45, 7) is 2.26. The highest BCUT2D eigenvalue weighted by atomic mass is 19.1. The van der Waals surface area contributed by atoms with Crippen LogP contribution in [0, 0.1) is 12.7 Å². The first-order valence-electron chi connectivity index (χ1n) is 6.35. The molecule has 1 N–H and O–H groups in total. The maximum atomic E-state index is 13.5. The van der Waals surface area contributed by atoms with Crippen LogP contribution in [0.1, 0.15) is 11.1 Å². The number of rotatable bonds is 5. The maximum Gasteiger partial charge on any atom is 0.142 e. The summed E-state index contributed by atoms with van der Waals surface area (Å²) in [6, 6.07) is 10.7. The standard InChI is InChI=1S/C16H18FNO2/c1-11-4-5-12(8-14(11)17)10-18-15-9-13(19-2)6-7-16(15)20-3/h4-9,18H,10H2,1-3H3. The predicted octanol–water partition coefficient (Wildman–Crippen LogP) is 3.76. The third-order valence-electron chi connectivity index (χ3n) is 3.13. The Morgan fingerprint density at radius 1 is 1.05 bits per heavy atom. The van der Waals surface area contributed by atoms with Gasteiger partial charge >= 0.3 is 0 Å². The van der Waals surface area contributed by atoms with Crippen LogP contribution in [0.25, 0.3) is 0 Å². The van der Waals surface area contributed by atoms with Crippen molar-refractivity contribution in [3.63, 3.8) is 0 Å². The lowest BCUT2D eigenvalue weighted by molar-refractivity contribution is 0.404. The number of aryl methyl sites for hydroxylation is 1. The molecule has 0 atom stereocenters. The number of halogens is 1. The minimum Gasteiger partial charge on any atom is -0.497 e. The largest absolute Gasteiger partial charge is 0.497 e. The van der Waals surface area contributed by atoms with Crippen molar-refractivity contribution < 1.29 is 13.9 Å².